The van der Waals surface area contributed by atoms with Gasteiger partial charge in [0.05, 0.1) is 19.9 Å². The fourth-order valence-corrected chi connectivity index (χ4v) is 3.37. The molecule has 0 aliphatic carbocycles. The molecule has 1 saturated heterocycles. The fourth-order valence-electron chi connectivity index (χ4n) is 3.25. The molecule has 0 unspecified atom stereocenters. The van der Waals surface area contributed by atoms with E-state index in [1.54, 1.807) is 42.5 Å². The van der Waals surface area contributed by atoms with Gasteiger partial charge in [-0.25, -0.2) is 4.90 Å². The fraction of sp³-hybridized carbons (Fsp3) is 0.211. The third-order valence-corrected chi connectivity index (χ3v) is 4.83. The molecule has 7 nitrogen and oxygen atoms in total. The minimum Gasteiger partial charge on any atom is -0.497 e. The van der Waals surface area contributed by atoms with Gasteiger partial charge in [0.25, 0.3) is 5.91 Å². The molecule has 0 N–H and O–H groups in total. The molecule has 2 amide bonds. The van der Waals surface area contributed by atoms with Crippen LogP contribution in [0.3, 0.4) is 0 Å². The largest absolute Gasteiger partial charge is 0.497 e. The summed E-state index contributed by atoms with van der Waals surface area (Å²) in [4.78, 5) is 32.4. The summed E-state index contributed by atoms with van der Waals surface area (Å²) in [6, 6.07) is 11.8. The van der Waals surface area contributed by atoms with Crippen molar-refractivity contribution >= 4 is 34.8 Å². The van der Waals surface area contributed by atoms with Gasteiger partial charge in [-0.2, -0.15) is 0 Å². The molecule has 2 aliphatic rings. The van der Waals surface area contributed by atoms with Crippen LogP contribution in [-0.2, 0) is 14.4 Å². The molecule has 2 aromatic carbocycles. The molecule has 2 aromatic rings. The van der Waals surface area contributed by atoms with Crippen molar-refractivity contribution in [2.75, 3.05) is 19.1 Å². The quantitative estimate of drug-likeness (QED) is 0.755. The first kappa shape index (κ1) is 17.4. The Labute approximate surface area is 160 Å². The van der Waals surface area contributed by atoms with Crippen molar-refractivity contribution in [1.82, 2.24) is 0 Å². The van der Waals surface area contributed by atoms with E-state index < -0.39 is 23.8 Å². The van der Waals surface area contributed by atoms with Crippen LogP contribution in [0.2, 0.25) is 5.02 Å². The van der Waals surface area contributed by atoms with Crippen molar-refractivity contribution in [1.29, 1.82) is 0 Å². The average molecular weight is 387 g/mol. The van der Waals surface area contributed by atoms with E-state index in [2.05, 4.69) is 5.16 Å². The summed E-state index contributed by atoms with van der Waals surface area (Å²) < 4.78 is 10.5. The van der Waals surface area contributed by atoms with Crippen LogP contribution in [0.5, 0.6) is 11.5 Å². The van der Waals surface area contributed by atoms with Gasteiger partial charge >= 0.3 is 0 Å². The molecule has 2 aliphatic heterocycles. The summed E-state index contributed by atoms with van der Waals surface area (Å²) in [7, 11) is 2.97. The first-order chi connectivity index (χ1) is 13.0. The van der Waals surface area contributed by atoms with Gasteiger partial charge in [0.15, 0.2) is 0 Å². The number of carbonyl (C=O) groups is 2. The lowest BCUT2D eigenvalue weighted by Crippen LogP contribution is -2.33. The Hall–Kier alpha value is -3.06. The van der Waals surface area contributed by atoms with E-state index in [1.807, 2.05) is 0 Å². The third-order valence-electron chi connectivity index (χ3n) is 4.58. The Bertz CT molecular complexity index is 957. The van der Waals surface area contributed by atoms with Crippen LogP contribution in [0.25, 0.3) is 0 Å². The van der Waals surface area contributed by atoms with Crippen molar-refractivity contribution in [3.05, 3.63) is 53.1 Å². The minimum absolute atomic E-state index is 0.306. The second-order valence-corrected chi connectivity index (χ2v) is 6.47. The van der Waals surface area contributed by atoms with Crippen molar-refractivity contribution in [3.63, 3.8) is 0 Å². The number of oxime groups is 1. The Balaban J connectivity index is 1.73. The molecule has 4 rings (SSSR count). The summed E-state index contributed by atoms with van der Waals surface area (Å²) in [6.07, 6.45) is -1.00. The molecule has 8 heteroatoms. The number of amides is 2. The number of hydrogen-bond acceptors (Lipinski definition) is 6. The lowest BCUT2D eigenvalue weighted by Gasteiger charge is -2.19. The SMILES string of the molecule is COc1ccc(OC)c(N2C(=O)[C@H]3C(c4ccc(Cl)cc4)=NO[C@H]3C2=O)c1. The molecule has 27 heavy (non-hydrogen) atoms. The molecule has 0 aromatic heterocycles. The zero-order valence-electron chi connectivity index (χ0n) is 14.5. The van der Waals surface area contributed by atoms with Crippen LogP contribution in [0.1, 0.15) is 5.56 Å². The average Bonchev–Trinajstić information content (AvgIpc) is 3.22. The predicted octanol–water partition coefficient (Wildman–Crippen LogP) is 2.65. The standard InChI is InChI=1S/C19H15ClN2O5/c1-25-12-7-8-14(26-2)13(9-12)22-18(23)15-16(21-27-17(15)19(22)24)10-3-5-11(20)6-4-10/h3-9,15,17H,1-2H3/t15-,17+/m0/s1. The van der Waals surface area contributed by atoms with Crippen LogP contribution in [0, 0.1) is 5.92 Å². The van der Waals surface area contributed by atoms with E-state index in [0.29, 0.717) is 33.5 Å². The van der Waals surface area contributed by atoms with E-state index in [9.17, 15) is 9.59 Å². The number of carbonyl (C=O) groups excluding carboxylic acids is 2. The predicted molar refractivity (Wildman–Crippen MR) is 98.4 cm³/mol. The third kappa shape index (κ3) is 2.71. The second-order valence-electron chi connectivity index (χ2n) is 6.04. The number of rotatable bonds is 4. The maximum absolute atomic E-state index is 13.1. The number of ether oxygens (including phenoxy) is 2. The summed E-state index contributed by atoms with van der Waals surface area (Å²) in [5, 5.41) is 4.54. The first-order valence-electron chi connectivity index (χ1n) is 8.14. The number of nitrogens with zero attached hydrogens (tertiary/aromatic N) is 2. The first-order valence-corrected chi connectivity index (χ1v) is 8.52. The molecule has 2 heterocycles. The van der Waals surface area contributed by atoms with Crippen LogP contribution in [-0.4, -0.2) is 37.8 Å². The Morgan fingerprint density at radius 1 is 1.04 bits per heavy atom. The van der Waals surface area contributed by atoms with E-state index in [1.165, 1.54) is 14.2 Å². The number of fused-ring (bicyclic) bond motifs is 1. The highest BCUT2D eigenvalue weighted by Crippen LogP contribution is 2.40. The molecule has 0 spiro atoms. The number of benzene rings is 2. The van der Waals surface area contributed by atoms with E-state index >= 15 is 0 Å². The van der Waals surface area contributed by atoms with Crippen LogP contribution >= 0.6 is 11.6 Å². The van der Waals surface area contributed by atoms with Crippen LogP contribution in [0.4, 0.5) is 5.69 Å². The molecule has 138 valence electrons. The highest BCUT2D eigenvalue weighted by molar-refractivity contribution is 6.33. The van der Waals surface area contributed by atoms with Crippen LogP contribution < -0.4 is 14.4 Å². The van der Waals surface area contributed by atoms with E-state index in [4.69, 9.17) is 25.9 Å². The van der Waals surface area contributed by atoms with Crippen molar-refractivity contribution in [2.45, 2.75) is 6.10 Å². The van der Waals surface area contributed by atoms with Crippen LogP contribution in [0.15, 0.2) is 47.6 Å². The lowest BCUT2D eigenvalue weighted by atomic mass is 9.94. The Morgan fingerprint density at radius 2 is 1.78 bits per heavy atom. The van der Waals surface area contributed by atoms with Gasteiger partial charge in [-0.15, -0.1) is 0 Å². The van der Waals surface area contributed by atoms with Gasteiger partial charge < -0.3 is 14.3 Å². The number of imide groups is 1. The van der Waals surface area contributed by atoms with Crippen molar-refractivity contribution in [3.8, 4) is 11.5 Å². The topological polar surface area (TPSA) is 77.4 Å². The van der Waals surface area contributed by atoms with Gasteiger partial charge in [0, 0.05) is 16.7 Å². The van der Waals surface area contributed by atoms with Gasteiger partial charge in [-0.3, -0.25) is 9.59 Å². The molecule has 0 saturated carbocycles. The highest BCUT2D eigenvalue weighted by atomic mass is 35.5. The lowest BCUT2D eigenvalue weighted by molar-refractivity contribution is -0.126. The molecular weight excluding hydrogens is 372 g/mol. The van der Waals surface area contributed by atoms with Gasteiger partial charge in [0.2, 0.25) is 12.0 Å². The maximum Gasteiger partial charge on any atom is 0.279 e. The van der Waals surface area contributed by atoms with Gasteiger partial charge in [0.1, 0.15) is 23.1 Å². The zero-order valence-corrected chi connectivity index (χ0v) is 15.3. The monoisotopic (exact) mass is 386 g/mol. The Kier molecular flexibility index (Phi) is 4.24. The Morgan fingerprint density at radius 3 is 2.44 bits per heavy atom. The highest BCUT2D eigenvalue weighted by Gasteiger charge is 2.56. The molecule has 0 bridgehead atoms. The zero-order chi connectivity index (χ0) is 19.1. The molecule has 0 radical (unpaired) electrons. The van der Waals surface area contributed by atoms with E-state index in [0.717, 1.165) is 4.90 Å². The van der Waals surface area contributed by atoms with Crippen molar-refractivity contribution < 1.29 is 23.9 Å². The number of hydrogen-bond donors (Lipinski definition) is 0. The summed E-state index contributed by atoms with van der Waals surface area (Å²) in [6.45, 7) is 0. The normalized spacial score (nSPS) is 21.0. The number of methoxy groups -OCH3 is 2. The second kappa shape index (κ2) is 6.59. The molecule has 2 atom stereocenters. The van der Waals surface area contributed by atoms with E-state index in [-0.39, 0.29) is 0 Å². The van der Waals surface area contributed by atoms with Crippen molar-refractivity contribution in [2.24, 2.45) is 11.1 Å². The van der Waals surface area contributed by atoms with Gasteiger partial charge in [-0.05, 0) is 24.3 Å². The molecule has 1 fully saturated rings. The maximum atomic E-state index is 13.1. The minimum atomic E-state index is -1.00. The smallest absolute Gasteiger partial charge is 0.279 e. The summed E-state index contributed by atoms with van der Waals surface area (Å²) in [5.41, 5.74) is 1.38. The summed E-state index contributed by atoms with van der Waals surface area (Å²) >= 11 is 5.92. The molecular formula is C19H15ClN2O5. The van der Waals surface area contributed by atoms with Gasteiger partial charge in [-0.1, -0.05) is 28.9 Å². The number of anilines is 1. The number of halogens is 1. The summed E-state index contributed by atoms with van der Waals surface area (Å²) in [5.74, 6) is -0.875.